The van der Waals surface area contributed by atoms with E-state index in [9.17, 15) is 5.11 Å². The standard InChI is InChI=1S/C44H47N3O6Si/c1-25-32-21-27(29-15-12-18-45-23-29)16-17-28(32)19-30-20-31-22-33-37(47(5)6)39-36(42(46-52-39)51-24-26-13-10-9-11-14-26)41(50)44(33,53-54(7,8)43(2,3)4)40(49)35(31)38(48)34(25)30/h9-19,21,23,31,33,37,48H,20,22,24H2,1-8H3/t31-,33-,37-,44-/m0/s1. The molecule has 0 bridgehead atoms. The lowest BCUT2D eigenvalue weighted by Crippen LogP contribution is -2.68. The monoisotopic (exact) mass is 741 g/mol. The molecule has 0 saturated heterocycles. The van der Waals surface area contributed by atoms with Crippen molar-refractivity contribution in [2.75, 3.05) is 14.1 Å². The highest BCUT2D eigenvalue weighted by Gasteiger charge is 2.68. The molecule has 8 rings (SSSR count). The Kier molecular flexibility index (Phi) is 8.59. The molecule has 2 aromatic heterocycles. The van der Waals surface area contributed by atoms with Crippen LogP contribution in [0.2, 0.25) is 18.1 Å². The minimum absolute atomic E-state index is 0.0382. The Morgan fingerprint density at radius 3 is 2.43 bits per heavy atom. The maximum absolute atomic E-state index is 15.7. The summed E-state index contributed by atoms with van der Waals surface area (Å²) < 4.78 is 19.5. The average molecular weight is 742 g/mol. The van der Waals surface area contributed by atoms with Crippen molar-refractivity contribution in [3.05, 3.63) is 118 Å². The Morgan fingerprint density at radius 1 is 0.981 bits per heavy atom. The SMILES string of the molecule is Cc1c2c(cc3ccc(-c4cccnc4)cc13)C[C@H]1C[C@H]3[C@H](N(C)C)c4onc(OCc5ccccc5)c4C(=O)[C@@]3(O[Si](C)(C)C(C)(C)C)C(=O)C1=C2O. The van der Waals surface area contributed by atoms with Crippen molar-refractivity contribution in [1.29, 1.82) is 0 Å². The van der Waals surface area contributed by atoms with Crippen LogP contribution < -0.4 is 4.74 Å². The molecule has 2 heterocycles. The first-order valence-corrected chi connectivity index (χ1v) is 21.6. The van der Waals surface area contributed by atoms with Crippen LogP contribution in [-0.4, -0.2) is 59.7 Å². The third kappa shape index (κ3) is 5.48. The first-order valence-electron chi connectivity index (χ1n) is 18.7. The lowest BCUT2D eigenvalue weighted by molar-refractivity contribution is -0.140. The molecule has 10 heteroatoms. The number of carbonyl (C=O) groups excluding carboxylic acids is 2. The van der Waals surface area contributed by atoms with E-state index in [1.54, 1.807) is 6.20 Å². The third-order valence-electron chi connectivity index (χ3n) is 12.4. The number of pyridine rings is 1. The van der Waals surface area contributed by atoms with E-state index in [0.29, 0.717) is 24.2 Å². The summed E-state index contributed by atoms with van der Waals surface area (Å²) in [5, 5.41) is 18.4. The van der Waals surface area contributed by atoms with Crippen LogP contribution in [0.3, 0.4) is 0 Å². The van der Waals surface area contributed by atoms with Crippen LogP contribution in [0.4, 0.5) is 0 Å². The zero-order valence-corrected chi connectivity index (χ0v) is 33.2. The van der Waals surface area contributed by atoms with Crippen LogP contribution in [0.1, 0.15) is 71.6 Å². The fraction of sp³-hybridized carbons (Fsp3) is 0.364. The molecule has 3 aliphatic rings. The van der Waals surface area contributed by atoms with Gasteiger partial charge >= 0.3 is 0 Å². The van der Waals surface area contributed by atoms with Gasteiger partial charge in [0.2, 0.25) is 11.6 Å². The zero-order valence-electron chi connectivity index (χ0n) is 32.2. The molecule has 278 valence electrons. The van der Waals surface area contributed by atoms with Crippen LogP contribution in [0.15, 0.2) is 89.2 Å². The van der Waals surface area contributed by atoms with Crippen molar-refractivity contribution < 1.29 is 28.4 Å². The summed E-state index contributed by atoms with van der Waals surface area (Å²) in [4.78, 5) is 37.4. The van der Waals surface area contributed by atoms with Crippen LogP contribution in [0.5, 0.6) is 5.88 Å². The Bertz CT molecular complexity index is 2340. The van der Waals surface area contributed by atoms with Gasteiger partial charge in [0.05, 0.1) is 6.04 Å². The molecule has 1 N–H and O–H groups in total. The van der Waals surface area contributed by atoms with E-state index in [1.165, 1.54) is 0 Å². The van der Waals surface area contributed by atoms with E-state index < -0.39 is 37.4 Å². The maximum Gasteiger partial charge on any atom is 0.265 e. The number of aliphatic hydroxyl groups excluding tert-OH is 1. The van der Waals surface area contributed by atoms with Crippen molar-refractivity contribution in [1.82, 2.24) is 15.0 Å². The molecule has 0 aliphatic heterocycles. The number of ether oxygens (including phenoxy) is 1. The van der Waals surface area contributed by atoms with Crippen molar-refractivity contribution in [2.45, 2.75) is 76.9 Å². The number of aryl methyl sites for hydroxylation is 1. The fourth-order valence-corrected chi connectivity index (χ4v) is 10.2. The van der Waals surface area contributed by atoms with Crippen LogP contribution >= 0.6 is 0 Å². The summed E-state index contributed by atoms with van der Waals surface area (Å²) in [6, 6.07) is 21.5. The average Bonchev–Trinajstić information content (AvgIpc) is 3.55. The third-order valence-corrected chi connectivity index (χ3v) is 16.8. The molecule has 9 nitrogen and oxygen atoms in total. The van der Waals surface area contributed by atoms with Crippen molar-refractivity contribution >= 4 is 36.4 Å². The van der Waals surface area contributed by atoms with E-state index in [0.717, 1.165) is 38.6 Å². The van der Waals surface area contributed by atoms with Crippen molar-refractivity contribution in [3.63, 3.8) is 0 Å². The predicted octanol–water partition coefficient (Wildman–Crippen LogP) is 9.07. The molecule has 3 aliphatic carbocycles. The van der Waals surface area contributed by atoms with Crippen molar-refractivity contribution in [2.24, 2.45) is 11.8 Å². The second kappa shape index (κ2) is 12.9. The van der Waals surface area contributed by atoms with E-state index in [1.807, 2.05) is 74.6 Å². The summed E-state index contributed by atoms with van der Waals surface area (Å²) in [6.45, 7) is 12.6. The number of rotatable bonds is 7. The number of benzene rings is 3. The molecule has 3 aromatic carbocycles. The number of carbonyl (C=O) groups is 2. The second-order valence-corrected chi connectivity index (χ2v) is 21.6. The Hall–Kier alpha value is -4.90. The number of fused-ring (bicyclic) bond motifs is 5. The minimum Gasteiger partial charge on any atom is -0.507 e. The number of aliphatic hydroxyl groups is 1. The number of Topliss-reactive ketones (excluding diaryl/α,β-unsaturated/α-hetero) is 2. The molecular weight excluding hydrogens is 695 g/mol. The van der Waals surface area contributed by atoms with Gasteiger partial charge in [0.15, 0.2) is 19.7 Å². The van der Waals surface area contributed by atoms with Gasteiger partial charge in [-0.05, 0) is 108 Å². The molecule has 1 fully saturated rings. The smallest absolute Gasteiger partial charge is 0.265 e. The second-order valence-electron chi connectivity index (χ2n) is 16.9. The zero-order chi connectivity index (χ0) is 38.3. The lowest BCUT2D eigenvalue weighted by Gasteiger charge is -2.55. The maximum atomic E-state index is 15.7. The molecule has 0 radical (unpaired) electrons. The fourth-order valence-electron chi connectivity index (χ4n) is 8.71. The Labute approximate surface area is 317 Å². The quantitative estimate of drug-likeness (QED) is 0.129. The molecule has 1 saturated carbocycles. The highest BCUT2D eigenvalue weighted by atomic mass is 28.4. The van der Waals surface area contributed by atoms with E-state index >= 15 is 9.59 Å². The summed E-state index contributed by atoms with van der Waals surface area (Å²) in [5.74, 6) is -1.60. The molecule has 0 spiro atoms. The largest absolute Gasteiger partial charge is 0.507 e. The van der Waals surface area contributed by atoms with Crippen molar-refractivity contribution in [3.8, 4) is 17.0 Å². The van der Waals surface area contributed by atoms with Crippen LogP contribution in [0, 0.1) is 18.8 Å². The van der Waals surface area contributed by atoms with Gasteiger partial charge in [0, 0.05) is 35.0 Å². The van der Waals surface area contributed by atoms with E-state index in [4.69, 9.17) is 13.7 Å². The predicted molar refractivity (Wildman–Crippen MR) is 211 cm³/mol. The van der Waals surface area contributed by atoms with Crippen LogP contribution in [0.25, 0.3) is 27.7 Å². The number of hydrogen-bond donors (Lipinski definition) is 1. The summed E-state index contributed by atoms with van der Waals surface area (Å²) in [5.41, 5.74) is 3.87. The van der Waals surface area contributed by atoms with E-state index in [-0.39, 0.29) is 40.3 Å². The summed E-state index contributed by atoms with van der Waals surface area (Å²) >= 11 is 0. The Morgan fingerprint density at radius 2 is 1.74 bits per heavy atom. The van der Waals surface area contributed by atoms with Gasteiger partial charge in [-0.1, -0.05) is 75.4 Å². The van der Waals surface area contributed by atoms with Gasteiger partial charge in [0.25, 0.3) is 5.88 Å². The summed E-state index contributed by atoms with van der Waals surface area (Å²) in [6.07, 6.45) is 4.54. The first kappa shape index (κ1) is 36.1. The Balaban J connectivity index is 1.31. The normalized spacial score (nSPS) is 22.6. The highest BCUT2D eigenvalue weighted by molar-refractivity contribution is 6.74. The topological polar surface area (TPSA) is 115 Å². The molecule has 5 aromatic rings. The number of hydrogen-bond acceptors (Lipinski definition) is 9. The molecule has 0 amide bonds. The van der Waals surface area contributed by atoms with E-state index in [2.05, 4.69) is 68.3 Å². The van der Waals surface area contributed by atoms with Crippen LogP contribution in [-0.2, 0) is 22.2 Å². The highest BCUT2D eigenvalue weighted by Crippen LogP contribution is 2.59. The summed E-state index contributed by atoms with van der Waals surface area (Å²) in [7, 11) is 1.00. The van der Waals surface area contributed by atoms with Gasteiger partial charge in [-0.15, -0.1) is 0 Å². The van der Waals surface area contributed by atoms with Gasteiger partial charge in [-0.2, -0.15) is 0 Å². The molecular formula is C44H47N3O6Si. The number of nitrogens with zero attached hydrogens (tertiary/aromatic N) is 3. The molecule has 4 atom stereocenters. The minimum atomic E-state index is -2.84. The molecule has 0 unspecified atom stereocenters. The first-order chi connectivity index (χ1) is 25.6. The van der Waals surface area contributed by atoms with Gasteiger partial charge in [-0.3, -0.25) is 19.5 Å². The number of ketones is 2. The molecule has 54 heavy (non-hydrogen) atoms. The number of aromatic nitrogens is 2. The van der Waals surface area contributed by atoms with Gasteiger partial charge in [-0.25, -0.2) is 0 Å². The lowest BCUT2D eigenvalue weighted by atomic mass is 9.57. The van der Waals surface area contributed by atoms with Gasteiger partial charge < -0.3 is 18.8 Å². The van der Waals surface area contributed by atoms with Gasteiger partial charge in [0.1, 0.15) is 17.9 Å².